The largest absolute Gasteiger partial charge is 0.310 e. The summed E-state index contributed by atoms with van der Waals surface area (Å²) >= 11 is 3.79. The zero-order valence-corrected chi connectivity index (χ0v) is 52.4. The molecule has 2 nitrogen and oxygen atoms in total. The van der Waals surface area contributed by atoms with E-state index in [2.05, 4.69) is 346 Å². The first-order valence-corrected chi connectivity index (χ1v) is 33.4. The molecule has 2 aromatic heterocycles. The summed E-state index contributed by atoms with van der Waals surface area (Å²) in [6, 6.07) is 109. The molecule has 0 spiro atoms. The van der Waals surface area contributed by atoms with Gasteiger partial charge in [-0.25, -0.2) is 0 Å². The fourth-order valence-electron chi connectivity index (χ4n) is 16.4. The molecule has 0 N–H and O–H groups in total. The van der Waals surface area contributed by atoms with Crippen LogP contribution in [0.4, 0.5) is 34.1 Å². The van der Waals surface area contributed by atoms with Gasteiger partial charge in [-0.3, -0.25) is 0 Å². The third-order valence-electron chi connectivity index (χ3n) is 20.8. The normalized spacial score (nSPS) is 17.6. The summed E-state index contributed by atoms with van der Waals surface area (Å²) < 4.78 is 5.12. The van der Waals surface area contributed by atoms with E-state index in [1.807, 2.05) is 22.7 Å². The average Bonchev–Trinajstić information content (AvgIpc) is 1.45. The van der Waals surface area contributed by atoms with Gasteiger partial charge in [0, 0.05) is 96.6 Å². The molecule has 3 atom stereocenters. The smallest absolute Gasteiger partial charge is 0.0476 e. The SMILES string of the molecule is CC1(c2cccc(N(c3ccc(-c4ccccc4)cc3)c3ccc4c(c3)sc3ccc5c(ccc6sc7cc(N(c8ccc(-c9ccccc9)cc8)c8cccc(C9(C)c%10ccccc%10C%10(C)C=CC=CC%109)c8)ccc7c65)c34)c2)c2ccccc2-c2ccccc21. The molecule has 3 aliphatic carbocycles. The zero-order valence-electron chi connectivity index (χ0n) is 50.8. The molecule has 13 aromatic carbocycles. The van der Waals surface area contributed by atoms with Crippen molar-refractivity contribution < 1.29 is 0 Å². The molecule has 15 aromatic rings. The molecule has 0 aliphatic heterocycles. The van der Waals surface area contributed by atoms with Gasteiger partial charge in [0.2, 0.25) is 0 Å². The number of benzene rings is 13. The lowest BCUT2D eigenvalue weighted by atomic mass is 9.64. The molecular formula is C87H62N2S2. The molecule has 91 heavy (non-hydrogen) atoms. The molecule has 3 aliphatic rings. The van der Waals surface area contributed by atoms with E-state index in [9.17, 15) is 0 Å². The summed E-state index contributed by atoms with van der Waals surface area (Å²) in [5.41, 5.74) is 21.6. The fourth-order valence-corrected chi connectivity index (χ4v) is 18.7. The van der Waals surface area contributed by atoms with Crippen LogP contribution in [0.25, 0.3) is 84.5 Å². The van der Waals surface area contributed by atoms with Crippen LogP contribution in [0.15, 0.2) is 315 Å². The van der Waals surface area contributed by atoms with Crippen molar-refractivity contribution in [2.24, 2.45) is 5.92 Å². The van der Waals surface area contributed by atoms with Crippen LogP contribution in [0.1, 0.15) is 54.2 Å². The monoisotopic (exact) mass is 1200 g/mol. The molecule has 0 amide bonds. The van der Waals surface area contributed by atoms with Crippen molar-refractivity contribution in [3.05, 3.63) is 349 Å². The Morgan fingerprint density at radius 1 is 0.308 bits per heavy atom. The molecule has 0 fully saturated rings. The molecule has 432 valence electrons. The number of allylic oxidation sites excluding steroid dienone is 4. The van der Waals surface area contributed by atoms with Crippen LogP contribution in [0.3, 0.4) is 0 Å². The van der Waals surface area contributed by atoms with E-state index in [0.717, 1.165) is 34.1 Å². The van der Waals surface area contributed by atoms with Gasteiger partial charge >= 0.3 is 0 Å². The lowest BCUT2D eigenvalue weighted by molar-refractivity contribution is 0.346. The van der Waals surface area contributed by atoms with E-state index in [-0.39, 0.29) is 22.2 Å². The Balaban J connectivity index is 0.749. The highest BCUT2D eigenvalue weighted by atomic mass is 32.1. The first-order chi connectivity index (χ1) is 44.7. The first kappa shape index (κ1) is 53.6. The maximum absolute atomic E-state index is 2.47. The number of thiophene rings is 2. The summed E-state index contributed by atoms with van der Waals surface area (Å²) in [6.45, 7) is 7.30. The van der Waals surface area contributed by atoms with Crippen LogP contribution in [0.2, 0.25) is 0 Å². The van der Waals surface area contributed by atoms with Gasteiger partial charge in [0.1, 0.15) is 0 Å². The molecule has 0 saturated carbocycles. The number of hydrogen-bond donors (Lipinski definition) is 0. The molecule has 2 heterocycles. The van der Waals surface area contributed by atoms with Crippen molar-refractivity contribution in [3.63, 3.8) is 0 Å². The van der Waals surface area contributed by atoms with E-state index in [1.165, 1.54) is 118 Å². The quantitative estimate of drug-likeness (QED) is 0.135. The van der Waals surface area contributed by atoms with Crippen LogP contribution >= 0.6 is 22.7 Å². The Labute approximate surface area is 539 Å². The number of fused-ring (bicyclic) bond motifs is 15. The highest BCUT2D eigenvalue weighted by Gasteiger charge is 2.55. The standard InChI is InChI=1S/C87H62N2S2/c1-85-51-17-16-34-82(85)87(3,77-33-15-14-32-76(77)85)61-25-19-27-65(53-61)89(63-41-37-59(38-42-63)57-22-8-5-9-23-57)67-44-46-73-81(55-67)91-79-50-48-70-71(84(73)79)47-49-78-83(70)72-45-43-66(54-80(72)90-78)88(62-39-35-58(36-40-62)56-20-6-4-7-21-56)64-26-18-24-60(52-64)86(2)74-30-12-10-28-68(74)69-29-11-13-31-75(69)86/h4-55,82H,1-3H3. The van der Waals surface area contributed by atoms with Gasteiger partial charge in [-0.2, -0.15) is 0 Å². The number of hydrogen-bond acceptors (Lipinski definition) is 4. The lowest BCUT2D eigenvalue weighted by Crippen LogP contribution is -2.37. The second kappa shape index (κ2) is 20.6. The summed E-state index contributed by atoms with van der Waals surface area (Å²) in [6.07, 6.45) is 9.36. The minimum absolute atomic E-state index is 0.102. The molecule has 0 saturated heterocycles. The van der Waals surface area contributed by atoms with Crippen LogP contribution in [0, 0.1) is 5.92 Å². The number of nitrogens with zero attached hydrogens (tertiary/aromatic N) is 2. The maximum atomic E-state index is 2.47. The first-order valence-electron chi connectivity index (χ1n) is 31.7. The van der Waals surface area contributed by atoms with Gasteiger partial charge < -0.3 is 9.80 Å². The molecule has 3 unspecified atom stereocenters. The van der Waals surface area contributed by atoms with Crippen LogP contribution < -0.4 is 9.80 Å². The Bertz CT molecular complexity index is 5430. The van der Waals surface area contributed by atoms with Crippen molar-refractivity contribution in [2.75, 3.05) is 9.80 Å². The van der Waals surface area contributed by atoms with E-state index in [4.69, 9.17) is 0 Å². The minimum Gasteiger partial charge on any atom is -0.310 e. The predicted octanol–water partition coefficient (Wildman–Crippen LogP) is 24.5. The maximum Gasteiger partial charge on any atom is 0.0476 e. The lowest BCUT2D eigenvalue weighted by Gasteiger charge is -2.39. The van der Waals surface area contributed by atoms with E-state index in [0.29, 0.717) is 0 Å². The molecule has 4 heteroatoms. The van der Waals surface area contributed by atoms with E-state index >= 15 is 0 Å². The summed E-state index contributed by atoms with van der Waals surface area (Å²) in [4.78, 5) is 4.93. The Morgan fingerprint density at radius 2 is 0.725 bits per heavy atom. The van der Waals surface area contributed by atoms with Crippen LogP contribution in [0.5, 0.6) is 0 Å². The molecular weight excluding hydrogens is 1140 g/mol. The number of anilines is 6. The van der Waals surface area contributed by atoms with Crippen LogP contribution in [-0.4, -0.2) is 0 Å². The second-order valence-electron chi connectivity index (χ2n) is 25.6. The van der Waals surface area contributed by atoms with Gasteiger partial charge in [0.25, 0.3) is 0 Å². The third kappa shape index (κ3) is 8.15. The minimum atomic E-state index is -0.330. The molecule has 0 radical (unpaired) electrons. The van der Waals surface area contributed by atoms with Gasteiger partial charge in [-0.15, -0.1) is 22.7 Å². The van der Waals surface area contributed by atoms with Crippen molar-refractivity contribution in [1.29, 1.82) is 0 Å². The van der Waals surface area contributed by atoms with Gasteiger partial charge in [0.15, 0.2) is 0 Å². The topological polar surface area (TPSA) is 6.48 Å². The number of rotatable bonds is 10. The predicted molar refractivity (Wildman–Crippen MR) is 389 cm³/mol. The zero-order chi connectivity index (χ0) is 60.6. The second-order valence-corrected chi connectivity index (χ2v) is 27.8. The summed E-state index contributed by atoms with van der Waals surface area (Å²) in [5, 5.41) is 7.78. The van der Waals surface area contributed by atoms with Gasteiger partial charge in [-0.1, -0.05) is 244 Å². The Kier molecular flexibility index (Phi) is 12.1. The summed E-state index contributed by atoms with van der Waals surface area (Å²) in [7, 11) is 0. The van der Waals surface area contributed by atoms with Crippen molar-refractivity contribution in [2.45, 2.75) is 37.0 Å². The highest BCUT2D eigenvalue weighted by molar-refractivity contribution is 7.26. The Hall–Kier alpha value is -10.4. The van der Waals surface area contributed by atoms with Crippen molar-refractivity contribution >= 4 is 108 Å². The van der Waals surface area contributed by atoms with Crippen molar-refractivity contribution in [3.8, 4) is 33.4 Å². The van der Waals surface area contributed by atoms with E-state index in [1.54, 1.807) is 0 Å². The molecule has 18 rings (SSSR count). The molecule has 0 bridgehead atoms. The highest BCUT2D eigenvalue weighted by Crippen LogP contribution is 2.60. The van der Waals surface area contributed by atoms with E-state index < -0.39 is 0 Å². The Morgan fingerprint density at radius 3 is 1.25 bits per heavy atom. The summed E-state index contributed by atoms with van der Waals surface area (Å²) in [5.74, 6) is 0.268. The fraction of sp³-hybridized carbons (Fsp3) is 0.0805. The van der Waals surface area contributed by atoms with Gasteiger partial charge in [0.05, 0.1) is 0 Å². The van der Waals surface area contributed by atoms with Crippen LogP contribution in [-0.2, 0) is 16.2 Å². The van der Waals surface area contributed by atoms with Gasteiger partial charge in [-0.05, 0) is 169 Å². The third-order valence-corrected chi connectivity index (χ3v) is 23.1. The van der Waals surface area contributed by atoms with Crippen molar-refractivity contribution in [1.82, 2.24) is 0 Å². The average molecular weight is 1200 g/mol.